The van der Waals surface area contributed by atoms with E-state index in [-0.39, 0.29) is 50.0 Å². The van der Waals surface area contributed by atoms with E-state index in [1.54, 1.807) is 0 Å². The fourth-order valence-corrected chi connectivity index (χ4v) is 20.4. The van der Waals surface area contributed by atoms with Crippen LogP contribution in [0.1, 0.15) is 211 Å². The molecule has 7 heteroatoms. The fraction of sp³-hybridized carbons (Fsp3) is 0.254. The third-order valence-electron chi connectivity index (χ3n) is 28.1. The average Bonchev–Trinajstić information content (AvgIpc) is 1.25. The van der Waals surface area contributed by atoms with Crippen LogP contribution in [0.4, 0.5) is 34.1 Å². The van der Waals surface area contributed by atoms with Gasteiger partial charge in [0.15, 0.2) is 0 Å². The first-order valence-electron chi connectivity index (χ1n) is 47.9. The highest BCUT2D eigenvalue weighted by Gasteiger charge is 2.47. The van der Waals surface area contributed by atoms with E-state index in [1.807, 2.05) is 0 Å². The van der Waals surface area contributed by atoms with Crippen LogP contribution in [0.5, 0.6) is 0 Å². The predicted octanol–water partition coefficient (Wildman–Crippen LogP) is 32.8. The number of fused-ring (bicyclic) bond motifs is 10. The highest BCUT2D eigenvalue weighted by atomic mass is 15.2. The van der Waals surface area contributed by atoms with Crippen molar-refractivity contribution in [3.8, 4) is 89.3 Å². The molecule has 0 radical (unpaired) electrons. The SMILES string of the molecule is CC(C)(C)c1ccc2c(c1)c1cc(C(C)(C)C)ccc1n2-c1ccc2c(c1)N(c1c(-c3ccccc3)cccc1-c1ccccc1)c1cc(-c3cc(-c4ccccc4)cc(-c4ccccc4)c3)cc3c1B2c1ccc(-n2c4ccc(C(C)(C)C)cc4c4cc(C(C)(C)C)ccc42)cc1N3c1c(-c2cc(C(C)(C)C)nc(C(C)(C)C)c2)cccc1-c1cc(C(C)(C)C)nc(C(C)(C)C)c1. The van der Waals surface area contributed by atoms with Crippen molar-refractivity contribution < 1.29 is 0 Å². The minimum atomic E-state index is -0.375. The summed E-state index contributed by atoms with van der Waals surface area (Å²) in [7, 11) is 0. The minimum absolute atomic E-state index is 0.0997. The number of aromatic nitrogens is 4. The van der Waals surface area contributed by atoms with Crippen LogP contribution in [-0.2, 0) is 43.3 Å². The average molecular weight is 1730 g/mol. The van der Waals surface area contributed by atoms with E-state index in [0.717, 1.165) is 168 Å². The normalized spacial score (nSPS) is 13.4. The Morgan fingerprint density at radius 3 is 0.744 bits per heavy atom. The highest BCUT2D eigenvalue weighted by molar-refractivity contribution is 7.00. The number of hydrogen-bond acceptors (Lipinski definition) is 4. The van der Waals surface area contributed by atoms with Gasteiger partial charge in [0.2, 0.25) is 0 Å². The second kappa shape index (κ2) is 31.7. The molecule has 0 unspecified atom stereocenters. The number of benzene rings is 14. The van der Waals surface area contributed by atoms with Crippen LogP contribution in [0.3, 0.4) is 0 Å². The van der Waals surface area contributed by atoms with Gasteiger partial charge in [-0.3, -0.25) is 9.97 Å². The summed E-state index contributed by atoms with van der Waals surface area (Å²) in [5, 5.41) is 4.96. The minimum Gasteiger partial charge on any atom is -0.310 e. The Hall–Kier alpha value is -13.4. The van der Waals surface area contributed by atoms with Crippen molar-refractivity contribution >= 4 is 101 Å². The van der Waals surface area contributed by atoms with Gasteiger partial charge in [-0.1, -0.05) is 360 Å². The molecule has 6 heterocycles. The maximum atomic E-state index is 5.70. The zero-order valence-corrected chi connectivity index (χ0v) is 82.4. The van der Waals surface area contributed by atoms with Gasteiger partial charge in [-0.05, 0) is 243 Å². The van der Waals surface area contributed by atoms with Crippen LogP contribution in [0.25, 0.3) is 133 Å². The first-order chi connectivity index (χ1) is 63.0. The van der Waals surface area contributed by atoms with Crippen molar-refractivity contribution in [2.45, 2.75) is 209 Å². The summed E-state index contributed by atoms with van der Waals surface area (Å²) in [6.07, 6.45) is 0. The third kappa shape index (κ3) is 15.7. The molecular weight excluding hydrogens is 1610 g/mol. The second-order valence-electron chi connectivity index (χ2n) is 46.0. The Kier molecular flexibility index (Phi) is 20.9. The molecule has 0 fully saturated rings. The molecule has 6 nitrogen and oxygen atoms in total. The van der Waals surface area contributed by atoms with Gasteiger partial charge in [0.05, 0.1) is 33.4 Å². The summed E-state index contributed by atoms with van der Waals surface area (Å²) in [4.78, 5) is 16.9. The molecule has 0 spiro atoms. The van der Waals surface area contributed by atoms with Crippen LogP contribution in [0.2, 0.25) is 0 Å². The van der Waals surface area contributed by atoms with Gasteiger partial charge < -0.3 is 18.9 Å². The molecule has 0 saturated carbocycles. The van der Waals surface area contributed by atoms with Crippen LogP contribution >= 0.6 is 0 Å². The lowest BCUT2D eigenvalue weighted by Crippen LogP contribution is -2.61. The van der Waals surface area contributed by atoms with E-state index in [9.17, 15) is 0 Å². The van der Waals surface area contributed by atoms with Gasteiger partial charge in [-0.25, -0.2) is 0 Å². The van der Waals surface area contributed by atoms with Crippen LogP contribution < -0.4 is 26.2 Å². The van der Waals surface area contributed by atoms with Crippen LogP contribution in [0.15, 0.2) is 322 Å². The maximum absolute atomic E-state index is 5.70. The van der Waals surface area contributed by atoms with Crippen LogP contribution in [-0.4, -0.2) is 25.8 Å². The molecule has 0 atom stereocenters. The molecule has 0 saturated heterocycles. The van der Waals surface area contributed by atoms with E-state index in [2.05, 4.69) is 507 Å². The topological polar surface area (TPSA) is 42.1 Å². The Morgan fingerprint density at radius 1 is 0.203 bits per heavy atom. The number of hydrogen-bond donors (Lipinski definition) is 0. The first kappa shape index (κ1) is 87.6. The smallest absolute Gasteiger partial charge is 0.252 e. The van der Waals surface area contributed by atoms with Crippen LogP contribution in [0, 0.1) is 0 Å². The lowest BCUT2D eigenvalue weighted by atomic mass is 9.33. The Balaban J connectivity index is 1.01. The number of para-hydroxylation sites is 2. The van der Waals surface area contributed by atoms with Crippen molar-refractivity contribution in [3.63, 3.8) is 0 Å². The van der Waals surface area contributed by atoms with Gasteiger partial charge in [-0.15, -0.1) is 0 Å². The number of rotatable bonds is 11. The van der Waals surface area contributed by atoms with Crippen molar-refractivity contribution in [2.24, 2.45) is 0 Å². The first-order valence-corrected chi connectivity index (χ1v) is 47.9. The second-order valence-corrected chi connectivity index (χ2v) is 46.0. The Morgan fingerprint density at radius 2 is 0.466 bits per heavy atom. The molecule has 2 aliphatic rings. The summed E-state index contributed by atoms with van der Waals surface area (Å²) in [6, 6.07) is 125. The number of nitrogens with zero attached hydrogens (tertiary/aromatic N) is 6. The molecule has 0 aliphatic carbocycles. The third-order valence-corrected chi connectivity index (χ3v) is 28.1. The standard InChI is InChI=1S/C126H125BN6/c1-119(2,3)88-51-59-104-98(72-88)99-73-89(120(4,5)6)52-60-105(99)130(104)92-55-57-102-108(76-92)132(117-94(80-43-33-27-34-44-80)47-37-48-95(117)81-45-35-28-36-46-81)110-66-85(84-64-82(78-39-29-25-30-40-78)63-83(65-84)79-41-31-26-32-42-79)67-111-116(110)127(102)103-58-56-93(131-106-61-53-90(121(7,8)9)74-100(106)101-75-91(122(10,11)12)54-62-107(101)131)77-109(103)133(111)118-96(86-68-112(123(13,14)15)128-113(69-86)124(16,17)18)49-38-50-97(118)87-70-114(125(19,20)21)129-115(71-87)126(22,23)24/h25-77H,1-24H3. The fourth-order valence-electron chi connectivity index (χ4n) is 20.4. The van der Waals surface area contributed by atoms with Crippen molar-refractivity contribution in [3.05, 3.63) is 367 Å². The van der Waals surface area contributed by atoms with Gasteiger partial charge in [0, 0.05) is 122 Å². The predicted molar refractivity (Wildman–Crippen MR) is 572 cm³/mol. The summed E-state index contributed by atoms with van der Waals surface area (Å²) in [6.45, 7) is 55.6. The molecule has 2 aliphatic heterocycles. The highest BCUT2D eigenvalue weighted by Crippen LogP contribution is 2.57. The monoisotopic (exact) mass is 1730 g/mol. The van der Waals surface area contributed by atoms with E-state index in [4.69, 9.17) is 9.97 Å². The van der Waals surface area contributed by atoms with E-state index < -0.39 is 0 Å². The molecule has 0 N–H and O–H groups in total. The number of anilines is 6. The van der Waals surface area contributed by atoms with Gasteiger partial charge in [0.1, 0.15) is 0 Å². The van der Waals surface area contributed by atoms with Gasteiger partial charge >= 0.3 is 0 Å². The molecule has 4 aromatic heterocycles. The molecule has 20 rings (SSSR count). The summed E-state index contributed by atoms with van der Waals surface area (Å²) in [5.74, 6) is 0. The Bertz CT molecular complexity index is 7260. The molecule has 18 aromatic rings. The number of pyridine rings is 2. The molecule has 662 valence electrons. The molecule has 0 amide bonds. The molecular formula is C126H125BN6. The Labute approximate surface area is 789 Å². The molecule has 133 heavy (non-hydrogen) atoms. The van der Waals surface area contributed by atoms with E-state index >= 15 is 0 Å². The molecule has 14 aromatic carbocycles. The summed E-state index contributed by atoms with van der Waals surface area (Å²) >= 11 is 0. The van der Waals surface area contributed by atoms with E-state index in [0.29, 0.717) is 0 Å². The summed E-state index contributed by atoms with van der Waals surface area (Å²) in [5.41, 5.74) is 39.9. The van der Waals surface area contributed by atoms with Crippen molar-refractivity contribution in [1.82, 2.24) is 19.1 Å². The zero-order valence-electron chi connectivity index (χ0n) is 82.4. The quantitative estimate of drug-likeness (QED) is 0.121. The molecule has 0 bridgehead atoms. The van der Waals surface area contributed by atoms with Gasteiger partial charge in [0.25, 0.3) is 6.71 Å². The van der Waals surface area contributed by atoms with Crippen molar-refractivity contribution in [1.29, 1.82) is 0 Å². The summed E-state index contributed by atoms with van der Waals surface area (Å²) < 4.78 is 5.16. The van der Waals surface area contributed by atoms with Crippen molar-refractivity contribution in [2.75, 3.05) is 9.80 Å². The van der Waals surface area contributed by atoms with Gasteiger partial charge in [-0.2, -0.15) is 0 Å². The maximum Gasteiger partial charge on any atom is 0.252 e. The largest absolute Gasteiger partial charge is 0.310 e. The van der Waals surface area contributed by atoms with E-state index in [1.165, 1.54) is 60.2 Å². The lowest BCUT2D eigenvalue weighted by molar-refractivity contribution is 0.531. The lowest BCUT2D eigenvalue weighted by Gasteiger charge is -2.46. The zero-order chi connectivity index (χ0) is 93.4.